The quantitative estimate of drug-likeness (QED) is 0.837. The molecule has 20 heavy (non-hydrogen) atoms. The van der Waals surface area contributed by atoms with E-state index in [9.17, 15) is 18.3 Å². The smallest absolute Gasteiger partial charge is 0.243 e. The number of hydrogen-bond donors (Lipinski definition) is 2. The Labute approximate surface area is 118 Å². The van der Waals surface area contributed by atoms with E-state index in [1.165, 1.54) is 16.4 Å². The number of sulfonamides is 1. The highest BCUT2D eigenvalue weighted by Gasteiger charge is 2.35. The molecule has 1 aromatic rings. The molecule has 6 nitrogen and oxygen atoms in total. The molecule has 0 bridgehead atoms. The SMILES string of the molecule is CC(O)c1cccc(S(=O)(=O)N2CCNC(=O)C2C)c1. The highest BCUT2D eigenvalue weighted by atomic mass is 32.2. The van der Waals surface area contributed by atoms with Crippen molar-refractivity contribution in [3.8, 4) is 0 Å². The van der Waals surface area contributed by atoms with Crippen LogP contribution in [0.2, 0.25) is 0 Å². The number of carbonyl (C=O) groups is 1. The first-order valence-corrected chi connectivity index (χ1v) is 7.85. The molecule has 1 saturated heterocycles. The molecule has 0 spiro atoms. The molecule has 110 valence electrons. The summed E-state index contributed by atoms with van der Waals surface area (Å²) in [6.07, 6.45) is -0.743. The summed E-state index contributed by atoms with van der Waals surface area (Å²) in [5, 5.41) is 12.2. The van der Waals surface area contributed by atoms with E-state index in [1.807, 2.05) is 0 Å². The summed E-state index contributed by atoms with van der Waals surface area (Å²) >= 11 is 0. The van der Waals surface area contributed by atoms with Crippen LogP contribution >= 0.6 is 0 Å². The zero-order chi connectivity index (χ0) is 14.9. The summed E-state index contributed by atoms with van der Waals surface area (Å²) in [5.41, 5.74) is 0.528. The Morgan fingerprint density at radius 3 is 2.80 bits per heavy atom. The van der Waals surface area contributed by atoms with Gasteiger partial charge in [0.2, 0.25) is 15.9 Å². The molecule has 1 aliphatic heterocycles. The number of rotatable bonds is 3. The highest BCUT2D eigenvalue weighted by molar-refractivity contribution is 7.89. The van der Waals surface area contributed by atoms with Crippen LogP contribution in [0.15, 0.2) is 29.2 Å². The van der Waals surface area contributed by atoms with Gasteiger partial charge in [0, 0.05) is 13.1 Å². The zero-order valence-electron chi connectivity index (χ0n) is 11.4. The van der Waals surface area contributed by atoms with Crippen molar-refractivity contribution in [1.29, 1.82) is 0 Å². The second-order valence-corrected chi connectivity index (χ2v) is 6.72. The van der Waals surface area contributed by atoms with E-state index in [4.69, 9.17) is 0 Å². The minimum atomic E-state index is -3.74. The van der Waals surface area contributed by atoms with E-state index >= 15 is 0 Å². The first-order valence-electron chi connectivity index (χ1n) is 6.41. The van der Waals surface area contributed by atoms with Gasteiger partial charge in [-0.05, 0) is 31.5 Å². The van der Waals surface area contributed by atoms with Crippen molar-refractivity contribution in [2.24, 2.45) is 0 Å². The van der Waals surface area contributed by atoms with Crippen LogP contribution in [0.25, 0.3) is 0 Å². The van der Waals surface area contributed by atoms with E-state index in [-0.39, 0.29) is 17.3 Å². The molecule has 2 N–H and O–H groups in total. The number of aliphatic hydroxyl groups is 1. The first-order chi connectivity index (χ1) is 9.34. The average molecular weight is 298 g/mol. The molecular formula is C13H18N2O4S. The van der Waals surface area contributed by atoms with Gasteiger partial charge in [-0.15, -0.1) is 0 Å². The topological polar surface area (TPSA) is 86.7 Å². The molecule has 0 aliphatic carbocycles. The lowest BCUT2D eigenvalue weighted by atomic mass is 10.1. The maximum absolute atomic E-state index is 12.6. The molecule has 1 fully saturated rings. The molecule has 1 aliphatic rings. The number of benzene rings is 1. The van der Waals surface area contributed by atoms with Crippen LogP contribution in [0.1, 0.15) is 25.5 Å². The van der Waals surface area contributed by atoms with Gasteiger partial charge in [-0.25, -0.2) is 8.42 Å². The number of carbonyl (C=O) groups excluding carboxylic acids is 1. The van der Waals surface area contributed by atoms with Gasteiger partial charge in [0.05, 0.1) is 11.0 Å². The Kier molecular flexibility index (Phi) is 4.12. The predicted molar refractivity (Wildman–Crippen MR) is 73.4 cm³/mol. The normalized spacial score (nSPS) is 22.4. The minimum absolute atomic E-state index is 0.0949. The summed E-state index contributed by atoms with van der Waals surface area (Å²) in [6, 6.07) is 5.43. The van der Waals surface area contributed by atoms with E-state index < -0.39 is 22.2 Å². The van der Waals surface area contributed by atoms with E-state index in [1.54, 1.807) is 26.0 Å². The van der Waals surface area contributed by atoms with Crippen LogP contribution in [0.4, 0.5) is 0 Å². The summed E-state index contributed by atoms with van der Waals surface area (Å²) < 4.78 is 26.4. The molecule has 1 aromatic carbocycles. The molecule has 1 heterocycles. The molecular weight excluding hydrogens is 280 g/mol. The molecule has 7 heteroatoms. The second kappa shape index (κ2) is 5.51. The van der Waals surface area contributed by atoms with Crippen molar-refractivity contribution < 1.29 is 18.3 Å². The zero-order valence-corrected chi connectivity index (χ0v) is 12.2. The van der Waals surface area contributed by atoms with E-state index in [0.29, 0.717) is 12.1 Å². The predicted octanol–water partition coefficient (Wildman–Crippen LogP) is 0.249. The maximum atomic E-state index is 12.6. The number of piperazine rings is 1. The molecule has 0 saturated carbocycles. The molecule has 0 aromatic heterocycles. The summed E-state index contributed by atoms with van der Waals surface area (Å²) in [4.78, 5) is 11.7. The first kappa shape index (κ1) is 15.0. The Hall–Kier alpha value is -1.44. The standard InChI is InChI=1S/C13H18N2O4S/c1-9-13(17)14-6-7-15(9)20(18,19)12-5-3-4-11(8-12)10(2)16/h3-5,8-10,16H,6-7H2,1-2H3,(H,14,17). The average Bonchev–Trinajstić information content (AvgIpc) is 2.41. The largest absolute Gasteiger partial charge is 0.389 e. The van der Waals surface area contributed by atoms with Crippen LogP contribution in [0.3, 0.4) is 0 Å². The Morgan fingerprint density at radius 2 is 2.15 bits per heavy atom. The van der Waals surface area contributed by atoms with Crippen LogP contribution in [-0.2, 0) is 14.8 Å². The fourth-order valence-electron chi connectivity index (χ4n) is 2.16. The van der Waals surface area contributed by atoms with E-state index in [0.717, 1.165) is 0 Å². The third-order valence-electron chi connectivity index (χ3n) is 3.39. The van der Waals surface area contributed by atoms with Gasteiger partial charge in [-0.1, -0.05) is 12.1 Å². The molecule has 1 amide bonds. The third-order valence-corrected chi connectivity index (χ3v) is 5.36. The Morgan fingerprint density at radius 1 is 1.45 bits per heavy atom. The van der Waals surface area contributed by atoms with Gasteiger partial charge in [-0.2, -0.15) is 4.31 Å². The van der Waals surface area contributed by atoms with Gasteiger partial charge in [0.25, 0.3) is 0 Å². The van der Waals surface area contributed by atoms with Gasteiger partial charge in [-0.3, -0.25) is 4.79 Å². The lowest BCUT2D eigenvalue weighted by molar-refractivity contribution is -0.126. The van der Waals surface area contributed by atoms with Gasteiger partial charge in [0.15, 0.2) is 0 Å². The van der Waals surface area contributed by atoms with Crippen LogP contribution in [0.5, 0.6) is 0 Å². The highest BCUT2D eigenvalue weighted by Crippen LogP contribution is 2.22. The third kappa shape index (κ3) is 2.70. The number of nitrogens with one attached hydrogen (secondary N) is 1. The molecule has 2 atom stereocenters. The van der Waals surface area contributed by atoms with Crippen molar-refractivity contribution in [2.75, 3.05) is 13.1 Å². The van der Waals surface area contributed by atoms with Crippen molar-refractivity contribution in [3.63, 3.8) is 0 Å². The number of hydrogen-bond acceptors (Lipinski definition) is 4. The molecule has 2 unspecified atom stereocenters. The summed E-state index contributed by atoms with van der Waals surface area (Å²) in [5.74, 6) is -0.300. The van der Waals surface area contributed by atoms with E-state index in [2.05, 4.69) is 5.32 Å². The van der Waals surface area contributed by atoms with Crippen LogP contribution < -0.4 is 5.32 Å². The second-order valence-electron chi connectivity index (χ2n) is 4.83. The van der Waals surface area contributed by atoms with Gasteiger partial charge in [0.1, 0.15) is 6.04 Å². The molecule has 0 radical (unpaired) electrons. The van der Waals surface area contributed by atoms with Crippen molar-refractivity contribution in [2.45, 2.75) is 30.9 Å². The summed E-state index contributed by atoms with van der Waals surface area (Å²) in [6.45, 7) is 3.68. The maximum Gasteiger partial charge on any atom is 0.243 e. The number of amides is 1. The Bertz CT molecular complexity index is 613. The fourth-order valence-corrected chi connectivity index (χ4v) is 3.81. The minimum Gasteiger partial charge on any atom is -0.389 e. The van der Waals surface area contributed by atoms with Crippen LogP contribution in [0, 0.1) is 0 Å². The van der Waals surface area contributed by atoms with Gasteiger partial charge >= 0.3 is 0 Å². The summed E-state index contributed by atoms with van der Waals surface area (Å²) in [7, 11) is -3.74. The molecule has 2 rings (SSSR count). The Balaban J connectivity index is 2.39. The fraction of sp³-hybridized carbons (Fsp3) is 0.462. The monoisotopic (exact) mass is 298 g/mol. The van der Waals surface area contributed by atoms with Crippen LogP contribution in [-0.4, -0.2) is 42.9 Å². The lowest BCUT2D eigenvalue weighted by Crippen LogP contribution is -2.55. The van der Waals surface area contributed by atoms with Crippen molar-refractivity contribution in [3.05, 3.63) is 29.8 Å². The van der Waals surface area contributed by atoms with Gasteiger partial charge < -0.3 is 10.4 Å². The number of aliphatic hydroxyl groups excluding tert-OH is 1. The van der Waals surface area contributed by atoms with Crippen molar-refractivity contribution in [1.82, 2.24) is 9.62 Å². The van der Waals surface area contributed by atoms with Crippen molar-refractivity contribution >= 4 is 15.9 Å². The number of nitrogens with zero attached hydrogens (tertiary/aromatic N) is 1. The lowest BCUT2D eigenvalue weighted by Gasteiger charge is -2.31.